The maximum atomic E-state index is 12.3. The number of hydrogen-bond acceptors (Lipinski definition) is 6. The van der Waals surface area contributed by atoms with Gasteiger partial charge in [-0.15, -0.1) is 0 Å². The fraction of sp³-hybridized carbons (Fsp3) is 0.375. The molecule has 0 saturated carbocycles. The molecule has 1 atom stereocenters. The Kier molecular flexibility index (Phi) is 4.70. The van der Waals surface area contributed by atoms with Crippen molar-refractivity contribution in [3.63, 3.8) is 0 Å². The molecule has 2 rings (SSSR count). The fourth-order valence-corrected chi connectivity index (χ4v) is 2.70. The van der Waals surface area contributed by atoms with Crippen molar-refractivity contribution in [3.8, 4) is 0 Å². The van der Waals surface area contributed by atoms with Gasteiger partial charge in [-0.1, -0.05) is 0 Å². The van der Waals surface area contributed by atoms with Gasteiger partial charge >= 0.3 is 5.97 Å². The first kappa shape index (κ1) is 15.9. The molecule has 0 bridgehead atoms. The molecule has 0 N–H and O–H groups in total. The third-order valence-corrected chi connectivity index (χ3v) is 4.04. The molecular formula is C16H19NO5. The Morgan fingerprint density at radius 3 is 2.68 bits per heavy atom. The summed E-state index contributed by atoms with van der Waals surface area (Å²) in [7, 11) is 3.20. The second kappa shape index (κ2) is 6.51. The smallest absolute Gasteiger partial charge is 0.336 e. The minimum absolute atomic E-state index is 0.0822. The highest BCUT2D eigenvalue weighted by molar-refractivity contribution is 5.92. The summed E-state index contributed by atoms with van der Waals surface area (Å²) >= 11 is 0. The van der Waals surface area contributed by atoms with Gasteiger partial charge in [-0.05, 0) is 26.0 Å². The van der Waals surface area contributed by atoms with Crippen LogP contribution < -0.4 is 0 Å². The van der Waals surface area contributed by atoms with Gasteiger partial charge in [0.15, 0.2) is 0 Å². The van der Waals surface area contributed by atoms with Crippen molar-refractivity contribution < 1.29 is 23.5 Å². The highest BCUT2D eigenvalue weighted by Crippen LogP contribution is 2.41. The van der Waals surface area contributed by atoms with E-state index in [1.807, 2.05) is 25.8 Å². The molecule has 6 heteroatoms. The van der Waals surface area contributed by atoms with E-state index in [9.17, 15) is 9.59 Å². The molecule has 6 nitrogen and oxygen atoms in total. The summed E-state index contributed by atoms with van der Waals surface area (Å²) in [4.78, 5) is 24.7. The molecule has 0 aromatic carbocycles. The number of rotatable bonds is 5. The first-order chi connectivity index (χ1) is 10.5. The summed E-state index contributed by atoms with van der Waals surface area (Å²) in [6.45, 7) is 4.24. The van der Waals surface area contributed by atoms with Gasteiger partial charge < -0.3 is 18.8 Å². The van der Waals surface area contributed by atoms with Crippen LogP contribution in [0, 0.1) is 0 Å². The van der Waals surface area contributed by atoms with Crippen LogP contribution in [0.2, 0.25) is 0 Å². The number of nitrogens with zero attached hydrogens (tertiary/aromatic N) is 1. The van der Waals surface area contributed by atoms with Crippen molar-refractivity contribution in [2.45, 2.75) is 19.8 Å². The van der Waals surface area contributed by atoms with E-state index in [0.717, 1.165) is 17.0 Å². The standard InChI is InChI=1S/C16H19NO5/c1-10-12(8-21-9-18)15(13-6-5-7-22-13)14(16(19)20-4)11(2)17(10)3/h5-7,9,15H,8H2,1-4H3. The Labute approximate surface area is 129 Å². The lowest BCUT2D eigenvalue weighted by Gasteiger charge is -2.35. The molecule has 2 heterocycles. The average molecular weight is 305 g/mol. The Bertz CT molecular complexity index is 627. The molecule has 0 amide bonds. The summed E-state index contributed by atoms with van der Waals surface area (Å²) in [5, 5.41) is 0. The Morgan fingerprint density at radius 1 is 1.41 bits per heavy atom. The molecule has 1 aliphatic heterocycles. The fourth-order valence-electron chi connectivity index (χ4n) is 2.70. The summed E-state index contributed by atoms with van der Waals surface area (Å²) in [6, 6.07) is 3.55. The van der Waals surface area contributed by atoms with Gasteiger partial charge in [-0.25, -0.2) is 4.79 Å². The summed E-state index contributed by atoms with van der Waals surface area (Å²) in [6.07, 6.45) is 1.55. The molecule has 1 unspecified atom stereocenters. The summed E-state index contributed by atoms with van der Waals surface area (Å²) < 4.78 is 15.4. The molecule has 0 spiro atoms. The topological polar surface area (TPSA) is 69.0 Å². The Morgan fingerprint density at radius 2 is 2.14 bits per heavy atom. The van der Waals surface area contributed by atoms with Gasteiger partial charge in [0.25, 0.3) is 6.47 Å². The number of carbonyl (C=O) groups excluding carboxylic acids is 2. The van der Waals surface area contributed by atoms with Crippen molar-refractivity contribution in [3.05, 3.63) is 46.7 Å². The van der Waals surface area contributed by atoms with Crippen molar-refractivity contribution in [2.75, 3.05) is 20.8 Å². The quantitative estimate of drug-likeness (QED) is 0.613. The zero-order valence-electron chi connectivity index (χ0n) is 13.1. The Hall–Kier alpha value is -2.50. The summed E-state index contributed by atoms with van der Waals surface area (Å²) in [5.41, 5.74) is 2.96. The van der Waals surface area contributed by atoms with Crippen LogP contribution in [0.15, 0.2) is 45.4 Å². The molecule has 0 aliphatic carbocycles. The van der Waals surface area contributed by atoms with Crippen LogP contribution in [-0.2, 0) is 19.1 Å². The first-order valence-corrected chi connectivity index (χ1v) is 6.84. The van der Waals surface area contributed by atoms with Gasteiger partial charge in [0.2, 0.25) is 0 Å². The van der Waals surface area contributed by atoms with Crippen LogP contribution in [0.3, 0.4) is 0 Å². The van der Waals surface area contributed by atoms with Crippen LogP contribution in [0.25, 0.3) is 0 Å². The molecular weight excluding hydrogens is 286 g/mol. The zero-order valence-corrected chi connectivity index (χ0v) is 13.1. The maximum Gasteiger partial charge on any atom is 0.336 e. The van der Waals surface area contributed by atoms with Crippen molar-refractivity contribution in [1.29, 1.82) is 0 Å². The van der Waals surface area contributed by atoms with E-state index in [2.05, 4.69) is 0 Å². The molecule has 0 fully saturated rings. The molecule has 0 radical (unpaired) electrons. The highest BCUT2D eigenvalue weighted by Gasteiger charge is 2.37. The number of esters is 1. The van der Waals surface area contributed by atoms with Crippen LogP contribution in [0.5, 0.6) is 0 Å². The summed E-state index contributed by atoms with van der Waals surface area (Å²) in [5.74, 6) is -0.253. The van der Waals surface area contributed by atoms with Crippen LogP contribution in [-0.4, -0.2) is 38.1 Å². The molecule has 118 valence electrons. The van der Waals surface area contributed by atoms with Gasteiger partial charge in [0.05, 0.1) is 24.9 Å². The maximum absolute atomic E-state index is 12.3. The number of methoxy groups -OCH3 is 1. The second-order valence-electron chi connectivity index (χ2n) is 5.02. The number of ether oxygens (including phenoxy) is 2. The first-order valence-electron chi connectivity index (χ1n) is 6.84. The number of furan rings is 1. The van der Waals surface area contributed by atoms with Crippen molar-refractivity contribution >= 4 is 12.4 Å². The van der Waals surface area contributed by atoms with Crippen LogP contribution in [0.4, 0.5) is 0 Å². The van der Waals surface area contributed by atoms with Crippen molar-refractivity contribution in [2.24, 2.45) is 0 Å². The van der Waals surface area contributed by atoms with E-state index >= 15 is 0 Å². The van der Waals surface area contributed by atoms with Crippen LogP contribution >= 0.6 is 0 Å². The van der Waals surface area contributed by atoms with Gasteiger partial charge in [-0.2, -0.15) is 0 Å². The Balaban J connectivity index is 2.59. The van der Waals surface area contributed by atoms with E-state index in [0.29, 0.717) is 17.8 Å². The molecule has 1 aromatic rings. The van der Waals surface area contributed by atoms with Gasteiger partial charge in [0.1, 0.15) is 12.4 Å². The predicted molar refractivity (Wildman–Crippen MR) is 78.6 cm³/mol. The average Bonchev–Trinajstić information content (AvgIpc) is 3.04. The number of carbonyl (C=O) groups is 2. The normalized spacial score (nSPS) is 18.5. The second-order valence-corrected chi connectivity index (χ2v) is 5.02. The monoisotopic (exact) mass is 305 g/mol. The van der Waals surface area contributed by atoms with E-state index in [1.54, 1.807) is 18.4 Å². The molecule has 0 saturated heterocycles. The molecule has 1 aromatic heterocycles. The molecule has 22 heavy (non-hydrogen) atoms. The lowest BCUT2D eigenvalue weighted by Crippen LogP contribution is -2.31. The number of allylic oxidation sites excluding steroid dienone is 2. The predicted octanol–water partition coefficient (Wildman–Crippen LogP) is 2.20. The van der Waals surface area contributed by atoms with Gasteiger partial charge in [-0.3, -0.25) is 4.79 Å². The van der Waals surface area contributed by atoms with E-state index in [4.69, 9.17) is 13.9 Å². The number of hydrogen-bond donors (Lipinski definition) is 0. The van der Waals surface area contributed by atoms with Crippen molar-refractivity contribution in [1.82, 2.24) is 4.90 Å². The zero-order chi connectivity index (χ0) is 16.3. The molecule has 1 aliphatic rings. The van der Waals surface area contributed by atoms with Gasteiger partial charge in [0, 0.05) is 24.0 Å². The lowest BCUT2D eigenvalue weighted by molar-refractivity contribution is -0.136. The largest absolute Gasteiger partial charge is 0.468 e. The minimum Gasteiger partial charge on any atom is -0.468 e. The third kappa shape index (κ3) is 2.64. The third-order valence-electron chi connectivity index (χ3n) is 4.04. The lowest BCUT2D eigenvalue weighted by atomic mass is 9.83. The minimum atomic E-state index is -0.432. The van der Waals surface area contributed by atoms with E-state index < -0.39 is 11.9 Å². The van der Waals surface area contributed by atoms with E-state index in [1.165, 1.54) is 7.11 Å². The van der Waals surface area contributed by atoms with E-state index in [-0.39, 0.29) is 6.61 Å². The van der Waals surface area contributed by atoms with Crippen LogP contribution in [0.1, 0.15) is 25.5 Å². The SMILES string of the molecule is COC(=O)C1=C(C)N(C)C(C)=C(COC=O)C1c1ccco1. The highest BCUT2D eigenvalue weighted by atomic mass is 16.5.